The van der Waals surface area contributed by atoms with Gasteiger partial charge in [0.05, 0.1) is 18.1 Å². The summed E-state index contributed by atoms with van der Waals surface area (Å²) in [4.78, 5) is 12.2. The first-order valence-electron chi connectivity index (χ1n) is 7.31. The largest absolute Gasteiger partial charge is 0.451 e. The zero-order chi connectivity index (χ0) is 18.2. The molecule has 0 bridgehead atoms. The predicted octanol–water partition coefficient (Wildman–Crippen LogP) is 2.37. The molecule has 1 aromatic heterocycles. The summed E-state index contributed by atoms with van der Waals surface area (Å²) in [5.74, 6) is -0.816. The van der Waals surface area contributed by atoms with Crippen LogP contribution in [0.3, 0.4) is 0 Å². The third-order valence-corrected chi connectivity index (χ3v) is 3.92. The average Bonchev–Trinajstić information content (AvgIpc) is 2.98. The molecule has 2 aromatic rings. The van der Waals surface area contributed by atoms with Crippen LogP contribution in [-0.2, 0) is 30.6 Å². The minimum Gasteiger partial charge on any atom is -0.380 e. The van der Waals surface area contributed by atoms with Crippen molar-refractivity contribution in [2.45, 2.75) is 25.9 Å². The van der Waals surface area contributed by atoms with Gasteiger partial charge in [-0.2, -0.15) is 13.2 Å². The fourth-order valence-corrected chi connectivity index (χ4v) is 2.84. The molecule has 0 saturated heterocycles. The zero-order valence-corrected chi connectivity index (χ0v) is 13.2. The Balaban J connectivity index is 1.91. The van der Waals surface area contributed by atoms with E-state index in [1.165, 1.54) is 19.2 Å². The van der Waals surface area contributed by atoms with Crippen molar-refractivity contribution in [3.05, 3.63) is 45.5 Å². The first-order chi connectivity index (χ1) is 11.8. The van der Waals surface area contributed by atoms with E-state index in [1.54, 1.807) is 6.07 Å². The Bertz CT molecular complexity index is 805. The molecule has 0 fully saturated rings. The standard InChI is InChI=1S/C14H14F3N5O3/c1-25-8-9-6-10(22(23)24)2-3-11(9)20-4-5-21-12(7-20)18-19-13(21)14(15,16)17/h2-3,6H,4-5,7-8H2,1H3. The lowest BCUT2D eigenvalue weighted by Crippen LogP contribution is -2.35. The number of nitrogens with zero attached hydrogens (tertiary/aromatic N) is 5. The normalized spacial score (nSPS) is 14.5. The lowest BCUT2D eigenvalue weighted by atomic mass is 10.1. The zero-order valence-electron chi connectivity index (χ0n) is 13.2. The van der Waals surface area contributed by atoms with Gasteiger partial charge in [0.1, 0.15) is 0 Å². The first kappa shape index (κ1) is 17.1. The average molecular weight is 357 g/mol. The summed E-state index contributed by atoms with van der Waals surface area (Å²) in [6.07, 6.45) is -4.55. The van der Waals surface area contributed by atoms with Crippen LogP contribution in [-0.4, -0.2) is 33.3 Å². The molecular weight excluding hydrogens is 343 g/mol. The van der Waals surface area contributed by atoms with Crippen LogP contribution >= 0.6 is 0 Å². The van der Waals surface area contributed by atoms with Crippen LogP contribution in [0.4, 0.5) is 24.5 Å². The number of alkyl halides is 3. The molecule has 1 aliphatic heterocycles. The predicted molar refractivity (Wildman–Crippen MR) is 79.9 cm³/mol. The smallest absolute Gasteiger partial charge is 0.380 e. The van der Waals surface area contributed by atoms with E-state index in [2.05, 4.69) is 10.2 Å². The van der Waals surface area contributed by atoms with Crippen LogP contribution in [0.1, 0.15) is 17.2 Å². The highest BCUT2D eigenvalue weighted by atomic mass is 19.4. The molecule has 2 heterocycles. The van der Waals surface area contributed by atoms with Crippen molar-refractivity contribution in [2.24, 2.45) is 0 Å². The van der Waals surface area contributed by atoms with E-state index in [1.807, 2.05) is 4.90 Å². The van der Waals surface area contributed by atoms with Gasteiger partial charge in [0.2, 0.25) is 5.82 Å². The van der Waals surface area contributed by atoms with Crippen molar-refractivity contribution < 1.29 is 22.8 Å². The molecule has 0 unspecified atom stereocenters. The Hall–Kier alpha value is -2.69. The van der Waals surface area contributed by atoms with E-state index in [0.29, 0.717) is 17.8 Å². The fourth-order valence-electron chi connectivity index (χ4n) is 2.84. The van der Waals surface area contributed by atoms with Gasteiger partial charge in [-0.3, -0.25) is 10.1 Å². The van der Waals surface area contributed by atoms with Crippen LogP contribution in [0.5, 0.6) is 0 Å². The second-order valence-corrected chi connectivity index (χ2v) is 5.51. The van der Waals surface area contributed by atoms with Crippen molar-refractivity contribution in [3.8, 4) is 0 Å². The van der Waals surface area contributed by atoms with Crippen molar-refractivity contribution >= 4 is 11.4 Å². The van der Waals surface area contributed by atoms with Crippen LogP contribution in [0, 0.1) is 10.1 Å². The molecule has 25 heavy (non-hydrogen) atoms. The number of methoxy groups -OCH3 is 1. The SMILES string of the molecule is COCc1cc([N+](=O)[O-])ccc1N1CCn2c(nnc2C(F)(F)F)C1. The summed E-state index contributed by atoms with van der Waals surface area (Å²) >= 11 is 0. The maximum Gasteiger partial charge on any atom is 0.451 e. The second-order valence-electron chi connectivity index (χ2n) is 5.51. The Morgan fingerprint density at radius 1 is 1.32 bits per heavy atom. The third kappa shape index (κ3) is 3.27. The Labute approximate surface area is 140 Å². The summed E-state index contributed by atoms with van der Waals surface area (Å²) in [6.45, 7) is 0.634. The molecular formula is C14H14F3N5O3. The topological polar surface area (TPSA) is 86.3 Å². The van der Waals surface area contributed by atoms with Gasteiger partial charge in [0, 0.05) is 43.6 Å². The molecule has 0 saturated carbocycles. The number of aromatic nitrogens is 3. The quantitative estimate of drug-likeness (QED) is 0.617. The number of anilines is 1. The van der Waals surface area contributed by atoms with Crippen LogP contribution in [0.15, 0.2) is 18.2 Å². The van der Waals surface area contributed by atoms with Crippen molar-refractivity contribution in [3.63, 3.8) is 0 Å². The molecule has 1 aromatic carbocycles. The summed E-state index contributed by atoms with van der Waals surface area (Å²) in [7, 11) is 1.46. The van der Waals surface area contributed by atoms with Gasteiger partial charge in [-0.05, 0) is 6.07 Å². The minimum atomic E-state index is -4.55. The highest BCUT2D eigenvalue weighted by Gasteiger charge is 2.39. The maximum atomic E-state index is 12.9. The molecule has 8 nitrogen and oxygen atoms in total. The maximum absolute atomic E-state index is 12.9. The summed E-state index contributed by atoms with van der Waals surface area (Å²) in [5, 5.41) is 17.8. The van der Waals surface area contributed by atoms with Gasteiger partial charge in [-0.15, -0.1) is 10.2 Å². The van der Waals surface area contributed by atoms with E-state index in [9.17, 15) is 23.3 Å². The number of ether oxygens (including phenoxy) is 1. The molecule has 0 atom stereocenters. The van der Waals surface area contributed by atoms with Crippen LogP contribution in [0.25, 0.3) is 0 Å². The van der Waals surface area contributed by atoms with Gasteiger partial charge in [-0.25, -0.2) is 0 Å². The molecule has 0 aliphatic carbocycles. The molecule has 3 rings (SSSR count). The number of hydrogen-bond acceptors (Lipinski definition) is 6. The highest BCUT2D eigenvalue weighted by molar-refractivity contribution is 5.58. The van der Waals surface area contributed by atoms with Gasteiger partial charge >= 0.3 is 6.18 Å². The molecule has 1 aliphatic rings. The summed E-state index contributed by atoms with van der Waals surface area (Å²) in [5.41, 5.74) is 1.17. The lowest BCUT2D eigenvalue weighted by Gasteiger charge is -2.31. The van der Waals surface area contributed by atoms with Gasteiger partial charge in [0.25, 0.3) is 5.69 Å². The number of nitro groups is 1. The third-order valence-electron chi connectivity index (χ3n) is 3.92. The van der Waals surface area contributed by atoms with Crippen molar-refractivity contribution in [1.82, 2.24) is 14.8 Å². The molecule has 0 radical (unpaired) electrons. The highest BCUT2D eigenvalue weighted by Crippen LogP contribution is 2.32. The van der Waals surface area contributed by atoms with Crippen molar-refractivity contribution in [2.75, 3.05) is 18.6 Å². The molecule has 134 valence electrons. The molecule has 0 spiro atoms. The van der Waals surface area contributed by atoms with Crippen molar-refractivity contribution in [1.29, 1.82) is 0 Å². The van der Waals surface area contributed by atoms with E-state index in [0.717, 1.165) is 4.57 Å². The number of halogens is 3. The molecule has 0 amide bonds. The Morgan fingerprint density at radius 2 is 2.08 bits per heavy atom. The molecule has 11 heteroatoms. The van der Waals surface area contributed by atoms with E-state index >= 15 is 0 Å². The number of non-ortho nitro benzene ring substituents is 1. The number of rotatable bonds is 4. The number of hydrogen-bond donors (Lipinski definition) is 0. The summed E-state index contributed by atoms with van der Waals surface area (Å²) < 4.78 is 44.8. The van der Waals surface area contributed by atoms with E-state index < -0.39 is 16.9 Å². The minimum absolute atomic E-state index is 0.0700. The van der Waals surface area contributed by atoms with E-state index in [4.69, 9.17) is 4.74 Å². The van der Waals surface area contributed by atoms with Gasteiger partial charge in [-0.1, -0.05) is 0 Å². The summed E-state index contributed by atoms with van der Waals surface area (Å²) in [6, 6.07) is 4.33. The van der Waals surface area contributed by atoms with Crippen LogP contribution in [0.2, 0.25) is 0 Å². The fraction of sp³-hybridized carbons (Fsp3) is 0.429. The first-order valence-corrected chi connectivity index (χ1v) is 7.31. The number of nitro benzene ring substituents is 1. The second kappa shape index (κ2) is 6.31. The van der Waals surface area contributed by atoms with E-state index in [-0.39, 0.29) is 31.2 Å². The van der Waals surface area contributed by atoms with Gasteiger partial charge in [0.15, 0.2) is 5.82 Å². The van der Waals surface area contributed by atoms with Crippen LogP contribution < -0.4 is 4.90 Å². The lowest BCUT2D eigenvalue weighted by molar-refractivity contribution is -0.384. The number of fused-ring (bicyclic) bond motifs is 1. The van der Waals surface area contributed by atoms with Gasteiger partial charge < -0.3 is 14.2 Å². The Morgan fingerprint density at radius 3 is 2.72 bits per heavy atom. The molecule has 0 N–H and O–H groups in total. The number of benzene rings is 1. The monoisotopic (exact) mass is 357 g/mol. The Kier molecular flexibility index (Phi) is 4.33.